The van der Waals surface area contributed by atoms with E-state index in [1.807, 2.05) is 38.1 Å². The zero-order valence-electron chi connectivity index (χ0n) is 11.3. The fraction of sp³-hybridized carbons (Fsp3) is 0.500. The Balaban J connectivity index is 3.05. The molecule has 0 aliphatic carbocycles. The third kappa shape index (κ3) is 3.30. The summed E-state index contributed by atoms with van der Waals surface area (Å²) in [5.41, 5.74) is 3.41. The number of benzene rings is 1. The molecule has 17 heavy (non-hydrogen) atoms. The molecule has 0 aliphatic rings. The summed E-state index contributed by atoms with van der Waals surface area (Å²) in [4.78, 5) is 13.8. The lowest BCUT2D eigenvalue weighted by molar-refractivity contribution is -0.148. The zero-order chi connectivity index (χ0) is 13.0. The summed E-state index contributed by atoms with van der Waals surface area (Å²) < 4.78 is 5.11. The van der Waals surface area contributed by atoms with E-state index in [0.29, 0.717) is 6.61 Å². The molecule has 3 heteroatoms. The van der Waals surface area contributed by atoms with Crippen LogP contribution in [0.5, 0.6) is 0 Å². The van der Waals surface area contributed by atoms with E-state index in [0.717, 1.165) is 5.56 Å². The van der Waals surface area contributed by atoms with Crippen molar-refractivity contribution in [1.82, 2.24) is 4.90 Å². The lowest BCUT2D eigenvalue weighted by Gasteiger charge is -2.23. The summed E-state index contributed by atoms with van der Waals surface area (Å²) in [6.45, 7) is 6.35. The minimum Gasteiger partial charge on any atom is -0.465 e. The van der Waals surface area contributed by atoms with Gasteiger partial charge in [-0.05, 0) is 51.6 Å². The number of ether oxygens (including phenoxy) is 1. The van der Waals surface area contributed by atoms with E-state index in [2.05, 4.69) is 19.9 Å². The molecule has 0 saturated carbocycles. The largest absolute Gasteiger partial charge is 0.465 e. The SMILES string of the molecule is CCOC(=O)C(c1ccc(C)c(C)c1)N(C)C. The van der Waals surface area contributed by atoms with E-state index in [-0.39, 0.29) is 12.0 Å². The summed E-state index contributed by atoms with van der Waals surface area (Å²) in [5, 5.41) is 0. The molecule has 1 aromatic rings. The van der Waals surface area contributed by atoms with Crippen LogP contribution in [0.3, 0.4) is 0 Å². The number of carbonyl (C=O) groups excluding carboxylic acids is 1. The third-order valence-corrected chi connectivity index (χ3v) is 2.87. The Bertz CT molecular complexity index is 399. The van der Waals surface area contributed by atoms with Gasteiger partial charge in [-0.1, -0.05) is 18.2 Å². The normalized spacial score (nSPS) is 12.6. The first kappa shape index (κ1) is 13.7. The fourth-order valence-corrected chi connectivity index (χ4v) is 1.80. The Labute approximate surface area is 103 Å². The van der Waals surface area contributed by atoms with Gasteiger partial charge in [0.15, 0.2) is 0 Å². The lowest BCUT2D eigenvalue weighted by Crippen LogP contribution is -2.29. The fourth-order valence-electron chi connectivity index (χ4n) is 1.80. The molecule has 0 heterocycles. The number of hydrogen-bond acceptors (Lipinski definition) is 3. The third-order valence-electron chi connectivity index (χ3n) is 2.87. The van der Waals surface area contributed by atoms with E-state index < -0.39 is 0 Å². The molecule has 0 N–H and O–H groups in total. The van der Waals surface area contributed by atoms with Gasteiger partial charge in [-0.2, -0.15) is 0 Å². The first-order valence-corrected chi connectivity index (χ1v) is 5.87. The first-order chi connectivity index (χ1) is 7.97. The van der Waals surface area contributed by atoms with Crippen LogP contribution in [0.4, 0.5) is 0 Å². The predicted octanol–water partition coefficient (Wildman–Crippen LogP) is 2.47. The van der Waals surface area contributed by atoms with Gasteiger partial charge in [0.05, 0.1) is 6.61 Å². The molecule has 0 amide bonds. The number of carbonyl (C=O) groups is 1. The monoisotopic (exact) mass is 235 g/mol. The van der Waals surface area contributed by atoms with Crippen LogP contribution in [0.15, 0.2) is 18.2 Å². The van der Waals surface area contributed by atoms with Gasteiger partial charge >= 0.3 is 5.97 Å². The predicted molar refractivity (Wildman–Crippen MR) is 69.0 cm³/mol. The maximum atomic E-state index is 11.9. The second kappa shape index (κ2) is 5.82. The van der Waals surface area contributed by atoms with Crippen LogP contribution in [0.2, 0.25) is 0 Å². The first-order valence-electron chi connectivity index (χ1n) is 5.87. The molecule has 0 radical (unpaired) electrons. The van der Waals surface area contributed by atoms with Gasteiger partial charge in [-0.3, -0.25) is 4.90 Å². The molecule has 0 spiro atoms. The van der Waals surface area contributed by atoms with E-state index in [1.54, 1.807) is 0 Å². The molecule has 0 aliphatic heterocycles. The van der Waals surface area contributed by atoms with Gasteiger partial charge in [-0.15, -0.1) is 0 Å². The molecule has 0 bridgehead atoms. The lowest BCUT2D eigenvalue weighted by atomic mass is 10.0. The van der Waals surface area contributed by atoms with Crippen molar-refractivity contribution >= 4 is 5.97 Å². The molecule has 1 aromatic carbocycles. The number of aryl methyl sites for hydroxylation is 2. The highest BCUT2D eigenvalue weighted by Crippen LogP contribution is 2.22. The molecule has 0 aromatic heterocycles. The summed E-state index contributed by atoms with van der Waals surface area (Å²) in [6.07, 6.45) is 0. The average Bonchev–Trinajstić information content (AvgIpc) is 2.23. The molecule has 0 saturated heterocycles. The summed E-state index contributed by atoms with van der Waals surface area (Å²) >= 11 is 0. The van der Waals surface area contributed by atoms with Gasteiger partial charge in [0, 0.05) is 0 Å². The molecule has 1 unspecified atom stereocenters. The number of nitrogens with zero attached hydrogens (tertiary/aromatic N) is 1. The number of hydrogen-bond donors (Lipinski definition) is 0. The van der Waals surface area contributed by atoms with Crippen molar-refractivity contribution in [3.05, 3.63) is 34.9 Å². The van der Waals surface area contributed by atoms with Crippen LogP contribution in [0.1, 0.15) is 29.7 Å². The van der Waals surface area contributed by atoms with Crippen molar-refractivity contribution in [3.63, 3.8) is 0 Å². The number of likely N-dealkylation sites (N-methyl/N-ethyl adjacent to an activating group) is 1. The molecule has 1 rings (SSSR count). The van der Waals surface area contributed by atoms with Crippen LogP contribution in [0.25, 0.3) is 0 Å². The van der Waals surface area contributed by atoms with Gasteiger partial charge in [0.2, 0.25) is 0 Å². The Hall–Kier alpha value is -1.35. The van der Waals surface area contributed by atoms with E-state index in [4.69, 9.17) is 4.74 Å². The number of esters is 1. The standard InChI is InChI=1S/C14H21NO2/c1-6-17-14(16)13(15(4)5)12-8-7-10(2)11(3)9-12/h7-9,13H,6H2,1-5H3. The highest BCUT2D eigenvalue weighted by molar-refractivity contribution is 5.77. The molecule has 94 valence electrons. The van der Waals surface area contributed by atoms with Crippen molar-refractivity contribution in [2.24, 2.45) is 0 Å². The smallest absolute Gasteiger partial charge is 0.327 e. The minimum atomic E-state index is -0.325. The summed E-state index contributed by atoms with van der Waals surface area (Å²) in [5.74, 6) is -0.194. The van der Waals surface area contributed by atoms with Crippen molar-refractivity contribution in [3.8, 4) is 0 Å². The molecular formula is C14H21NO2. The molecule has 0 fully saturated rings. The number of rotatable bonds is 4. The Kier molecular flexibility index (Phi) is 4.70. The molecule has 3 nitrogen and oxygen atoms in total. The quantitative estimate of drug-likeness (QED) is 0.751. The second-order valence-electron chi connectivity index (χ2n) is 4.46. The maximum Gasteiger partial charge on any atom is 0.327 e. The molecule has 1 atom stereocenters. The maximum absolute atomic E-state index is 11.9. The van der Waals surface area contributed by atoms with Crippen LogP contribution in [-0.2, 0) is 9.53 Å². The van der Waals surface area contributed by atoms with Crippen LogP contribution >= 0.6 is 0 Å². The van der Waals surface area contributed by atoms with Crippen LogP contribution < -0.4 is 0 Å². The van der Waals surface area contributed by atoms with Gasteiger partial charge < -0.3 is 4.74 Å². The van der Waals surface area contributed by atoms with Gasteiger partial charge in [0.25, 0.3) is 0 Å². The highest BCUT2D eigenvalue weighted by atomic mass is 16.5. The summed E-state index contributed by atoms with van der Waals surface area (Å²) in [7, 11) is 3.77. The van der Waals surface area contributed by atoms with E-state index >= 15 is 0 Å². The van der Waals surface area contributed by atoms with E-state index in [1.165, 1.54) is 11.1 Å². The highest BCUT2D eigenvalue weighted by Gasteiger charge is 2.24. The topological polar surface area (TPSA) is 29.5 Å². The Morgan fingerprint density at radius 1 is 1.29 bits per heavy atom. The van der Waals surface area contributed by atoms with Crippen molar-refractivity contribution < 1.29 is 9.53 Å². The second-order valence-corrected chi connectivity index (χ2v) is 4.46. The Morgan fingerprint density at radius 2 is 1.94 bits per heavy atom. The zero-order valence-corrected chi connectivity index (χ0v) is 11.3. The Morgan fingerprint density at radius 3 is 2.41 bits per heavy atom. The minimum absolute atomic E-state index is 0.194. The van der Waals surface area contributed by atoms with Crippen LogP contribution in [-0.4, -0.2) is 31.6 Å². The van der Waals surface area contributed by atoms with Crippen molar-refractivity contribution in [2.75, 3.05) is 20.7 Å². The van der Waals surface area contributed by atoms with Gasteiger partial charge in [0.1, 0.15) is 6.04 Å². The van der Waals surface area contributed by atoms with Crippen molar-refractivity contribution in [2.45, 2.75) is 26.8 Å². The van der Waals surface area contributed by atoms with Crippen molar-refractivity contribution in [1.29, 1.82) is 0 Å². The van der Waals surface area contributed by atoms with E-state index in [9.17, 15) is 4.79 Å². The molecular weight excluding hydrogens is 214 g/mol. The van der Waals surface area contributed by atoms with Gasteiger partial charge in [-0.25, -0.2) is 4.79 Å². The average molecular weight is 235 g/mol. The summed E-state index contributed by atoms with van der Waals surface area (Å²) in [6, 6.07) is 5.76. The van der Waals surface area contributed by atoms with Crippen LogP contribution in [0, 0.1) is 13.8 Å².